The van der Waals surface area contributed by atoms with Gasteiger partial charge in [-0.1, -0.05) is 0 Å². The first-order chi connectivity index (χ1) is 6.75. The molecule has 2 N–H and O–H groups in total. The molecule has 4 nitrogen and oxygen atoms in total. The number of carbonyl (C=O) groups is 1. The van der Waals surface area contributed by atoms with E-state index < -0.39 is 0 Å². The third kappa shape index (κ3) is 1.25. The van der Waals surface area contributed by atoms with Crippen molar-refractivity contribution in [2.45, 2.75) is 37.5 Å². The highest BCUT2D eigenvalue weighted by atomic mass is 16.5. The molecule has 3 aliphatic rings. The van der Waals surface area contributed by atoms with Crippen LogP contribution in [0.25, 0.3) is 0 Å². The van der Waals surface area contributed by atoms with Crippen molar-refractivity contribution in [3.8, 4) is 0 Å². The molecule has 2 heterocycles. The number of fused-ring (bicyclic) bond motifs is 2. The second-order valence-corrected chi connectivity index (χ2v) is 4.70. The van der Waals surface area contributed by atoms with Crippen molar-refractivity contribution in [1.82, 2.24) is 4.90 Å². The lowest BCUT2D eigenvalue weighted by Gasteiger charge is -2.29. The highest BCUT2D eigenvalue weighted by Gasteiger charge is 2.45. The first-order valence-corrected chi connectivity index (χ1v) is 5.43. The molecule has 3 atom stereocenters. The molecule has 3 fully saturated rings. The van der Waals surface area contributed by atoms with Crippen LogP contribution < -0.4 is 5.73 Å². The monoisotopic (exact) mass is 196 g/mol. The highest BCUT2D eigenvalue weighted by molar-refractivity contribution is 5.83. The van der Waals surface area contributed by atoms with E-state index in [2.05, 4.69) is 0 Å². The van der Waals surface area contributed by atoms with Gasteiger partial charge >= 0.3 is 0 Å². The number of hydrogen-bond donors (Lipinski definition) is 1. The van der Waals surface area contributed by atoms with Crippen molar-refractivity contribution in [3.63, 3.8) is 0 Å². The fourth-order valence-electron chi connectivity index (χ4n) is 2.52. The second-order valence-electron chi connectivity index (χ2n) is 4.70. The number of carbonyl (C=O) groups excluding carboxylic acids is 1. The average Bonchev–Trinajstić information content (AvgIpc) is 2.84. The zero-order chi connectivity index (χ0) is 9.71. The smallest absolute Gasteiger partial charge is 0.240 e. The number of nitrogens with zero attached hydrogens (tertiary/aromatic N) is 1. The van der Waals surface area contributed by atoms with E-state index in [-0.39, 0.29) is 18.1 Å². The zero-order valence-corrected chi connectivity index (χ0v) is 8.19. The van der Waals surface area contributed by atoms with Gasteiger partial charge in [-0.25, -0.2) is 0 Å². The van der Waals surface area contributed by atoms with Gasteiger partial charge in [0, 0.05) is 6.54 Å². The number of nitrogens with two attached hydrogens (primary N) is 1. The predicted octanol–water partition coefficient (Wildman–Crippen LogP) is -0.277. The van der Waals surface area contributed by atoms with Crippen molar-refractivity contribution in [2.75, 3.05) is 13.2 Å². The molecule has 3 rings (SSSR count). The molecule has 1 aliphatic carbocycles. The molecule has 2 bridgehead atoms. The van der Waals surface area contributed by atoms with Gasteiger partial charge in [0.1, 0.15) is 0 Å². The van der Waals surface area contributed by atoms with Gasteiger partial charge in [-0.3, -0.25) is 4.79 Å². The van der Waals surface area contributed by atoms with Gasteiger partial charge in [-0.2, -0.15) is 0 Å². The fourth-order valence-corrected chi connectivity index (χ4v) is 2.52. The van der Waals surface area contributed by atoms with Gasteiger partial charge in [0.25, 0.3) is 0 Å². The summed E-state index contributed by atoms with van der Waals surface area (Å²) < 4.78 is 5.45. The van der Waals surface area contributed by atoms with E-state index in [1.165, 1.54) is 0 Å². The molecule has 4 heteroatoms. The molecule has 0 spiro atoms. The Hall–Kier alpha value is -0.610. The van der Waals surface area contributed by atoms with Gasteiger partial charge in [0.05, 0.1) is 24.8 Å². The minimum atomic E-state index is -0.241. The van der Waals surface area contributed by atoms with E-state index in [1.807, 2.05) is 4.90 Å². The van der Waals surface area contributed by atoms with E-state index in [4.69, 9.17) is 10.5 Å². The van der Waals surface area contributed by atoms with Crippen LogP contribution in [-0.4, -0.2) is 42.1 Å². The minimum Gasteiger partial charge on any atom is -0.374 e. The Kier molecular flexibility index (Phi) is 1.82. The van der Waals surface area contributed by atoms with Crippen LogP contribution in [0.2, 0.25) is 0 Å². The van der Waals surface area contributed by atoms with Crippen LogP contribution in [0.4, 0.5) is 0 Å². The predicted molar refractivity (Wildman–Crippen MR) is 50.6 cm³/mol. The van der Waals surface area contributed by atoms with Crippen molar-refractivity contribution in [3.05, 3.63) is 0 Å². The Morgan fingerprint density at radius 2 is 2.29 bits per heavy atom. The number of hydrogen-bond acceptors (Lipinski definition) is 3. The number of amides is 1. The normalized spacial score (nSPS) is 37.6. The van der Waals surface area contributed by atoms with E-state index in [1.54, 1.807) is 0 Å². The molecule has 2 saturated heterocycles. The lowest BCUT2D eigenvalue weighted by molar-refractivity contribution is -0.137. The number of morpholine rings is 1. The van der Waals surface area contributed by atoms with Crippen LogP contribution >= 0.6 is 0 Å². The number of likely N-dealkylation sites (tertiary alicyclic amines) is 1. The van der Waals surface area contributed by atoms with E-state index in [9.17, 15) is 4.79 Å². The molecule has 0 radical (unpaired) electrons. The van der Waals surface area contributed by atoms with Crippen LogP contribution in [0.5, 0.6) is 0 Å². The Morgan fingerprint density at radius 1 is 1.50 bits per heavy atom. The molecular weight excluding hydrogens is 180 g/mol. The molecule has 0 aromatic heterocycles. The molecule has 1 saturated carbocycles. The summed E-state index contributed by atoms with van der Waals surface area (Å²) in [6, 6.07) is 0.0756. The second kappa shape index (κ2) is 2.94. The van der Waals surface area contributed by atoms with Gasteiger partial charge in [-0.05, 0) is 25.2 Å². The molecule has 78 valence electrons. The van der Waals surface area contributed by atoms with E-state index in [0.29, 0.717) is 18.6 Å². The van der Waals surface area contributed by atoms with Crippen molar-refractivity contribution in [1.29, 1.82) is 0 Å². The maximum Gasteiger partial charge on any atom is 0.240 e. The molecular formula is C10H16N2O2. The van der Waals surface area contributed by atoms with Crippen LogP contribution in [0, 0.1) is 5.92 Å². The summed E-state index contributed by atoms with van der Waals surface area (Å²) in [5, 5.41) is 0. The summed E-state index contributed by atoms with van der Waals surface area (Å²) in [6.45, 7) is 1.48. The Morgan fingerprint density at radius 3 is 2.79 bits per heavy atom. The first-order valence-electron chi connectivity index (χ1n) is 5.43. The number of ether oxygens (including phenoxy) is 1. The third-order valence-corrected chi connectivity index (χ3v) is 3.60. The summed E-state index contributed by atoms with van der Waals surface area (Å²) >= 11 is 0. The molecule has 14 heavy (non-hydrogen) atoms. The highest BCUT2D eigenvalue weighted by Crippen LogP contribution is 2.34. The maximum atomic E-state index is 12.0. The third-order valence-electron chi connectivity index (χ3n) is 3.60. The Balaban J connectivity index is 1.67. The van der Waals surface area contributed by atoms with Crippen LogP contribution in [0.15, 0.2) is 0 Å². The van der Waals surface area contributed by atoms with Crippen LogP contribution in [0.3, 0.4) is 0 Å². The summed E-state index contributed by atoms with van der Waals surface area (Å²) in [5.74, 6) is 0.617. The lowest BCUT2D eigenvalue weighted by atomic mass is 10.1. The van der Waals surface area contributed by atoms with E-state index >= 15 is 0 Å². The topological polar surface area (TPSA) is 55.6 Å². The van der Waals surface area contributed by atoms with Gasteiger partial charge in [0.15, 0.2) is 0 Å². The largest absolute Gasteiger partial charge is 0.374 e. The maximum absolute atomic E-state index is 12.0. The SMILES string of the molecule is NC(C(=O)N1CC2CC1CO2)C1CC1. The van der Waals surface area contributed by atoms with Gasteiger partial charge < -0.3 is 15.4 Å². The van der Waals surface area contributed by atoms with Crippen molar-refractivity contribution < 1.29 is 9.53 Å². The number of rotatable bonds is 2. The molecule has 0 aromatic carbocycles. The van der Waals surface area contributed by atoms with Gasteiger partial charge in [-0.15, -0.1) is 0 Å². The van der Waals surface area contributed by atoms with Crippen LogP contribution in [-0.2, 0) is 9.53 Å². The quantitative estimate of drug-likeness (QED) is 0.661. The fraction of sp³-hybridized carbons (Fsp3) is 0.900. The summed E-state index contributed by atoms with van der Waals surface area (Å²) in [6.07, 6.45) is 3.56. The molecule has 0 aromatic rings. The zero-order valence-electron chi connectivity index (χ0n) is 8.19. The molecule has 2 aliphatic heterocycles. The minimum absolute atomic E-state index is 0.156. The summed E-state index contributed by atoms with van der Waals surface area (Å²) in [7, 11) is 0. The lowest BCUT2D eigenvalue weighted by Crippen LogP contribution is -2.50. The Labute approximate surface area is 83.4 Å². The van der Waals surface area contributed by atoms with Crippen LogP contribution in [0.1, 0.15) is 19.3 Å². The summed E-state index contributed by atoms with van der Waals surface area (Å²) in [5.41, 5.74) is 5.90. The first kappa shape index (κ1) is 8.68. The molecule has 1 amide bonds. The average molecular weight is 196 g/mol. The molecule has 3 unspecified atom stereocenters. The van der Waals surface area contributed by atoms with E-state index in [0.717, 1.165) is 25.8 Å². The van der Waals surface area contributed by atoms with Crippen molar-refractivity contribution >= 4 is 5.91 Å². The Bertz CT molecular complexity index is 265. The van der Waals surface area contributed by atoms with Crippen molar-refractivity contribution in [2.24, 2.45) is 11.7 Å². The van der Waals surface area contributed by atoms with Gasteiger partial charge in [0.2, 0.25) is 5.91 Å². The standard InChI is InChI=1S/C10H16N2O2/c11-9(6-1-2-6)10(13)12-4-8-3-7(12)5-14-8/h6-9H,1-5,11H2. The summed E-state index contributed by atoms with van der Waals surface area (Å²) in [4.78, 5) is 13.9.